The van der Waals surface area contributed by atoms with Crippen LogP contribution in [0.15, 0.2) is 23.1 Å². The molecule has 0 unspecified atom stereocenters. The Kier molecular flexibility index (Phi) is 2.79. The maximum atomic E-state index is 12.3. The smallest absolute Gasteiger partial charge is 0.225 e. The summed E-state index contributed by atoms with van der Waals surface area (Å²) in [6, 6.07) is 2.46. The molecule has 0 amide bonds. The van der Waals surface area contributed by atoms with Gasteiger partial charge in [0.15, 0.2) is 0 Å². The summed E-state index contributed by atoms with van der Waals surface area (Å²) in [6.07, 6.45) is -4.58. The Balaban J connectivity index is 3.43. The highest BCUT2D eigenvalue weighted by atomic mass is 32.2. The van der Waals surface area contributed by atoms with Gasteiger partial charge in [0, 0.05) is 0 Å². The Morgan fingerprint density at radius 2 is 1.73 bits per heavy atom. The summed E-state index contributed by atoms with van der Waals surface area (Å²) < 4.78 is 58.7. The van der Waals surface area contributed by atoms with Crippen LogP contribution in [0.25, 0.3) is 0 Å². The lowest BCUT2D eigenvalue weighted by Gasteiger charge is -2.09. The minimum Gasteiger partial charge on any atom is -0.225 e. The van der Waals surface area contributed by atoms with E-state index in [1.165, 1.54) is 6.92 Å². The van der Waals surface area contributed by atoms with Gasteiger partial charge in [-0.15, -0.1) is 0 Å². The molecule has 0 atom stereocenters. The van der Waals surface area contributed by atoms with Gasteiger partial charge in [-0.2, -0.15) is 13.2 Å². The quantitative estimate of drug-likeness (QED) is 0.810. The predicted octanol–water partition coefficient (Wildman–Crippen LogP) is 1.66. The van der Waals surface area contributed by atoms with Crippen molar-refractivity contribution in [3.63, 3.8) is 0 Å². The first-order chi connectivity index (χ1) is 6.60. The fourth-order valence-corrected chi connectivity index (χ4v) is 1.72. The molecule has 15 heavy (non-hydrogen) atoms. The molecule has 0 aromatic heterocycles. The molecule has 0 bridgehead atoms. The van der Waals surface area contributed by atoms with Crippen LogP contribution in [0.5, 0.6) is 0 Å². The van der Waals surface area contributed by atoms with Gasteiger partial charge in [0.05, 0.1) is 10.5 Å². The van der Waals surface area contributed by atoms with E-state index in [1.807, 2.05) is 0 Å². The highest BCUT2D eigenvalue weighted by Gasteiger charge is 2.31. The summed E-state index contributed by atoms with van der Waals surface area (Å²) in [5, 5.41) is 4.74. The number of benzene rings is 1. The summed E-state index contributed by atoms with van der Waals surface area (Å²) in [5.74, 6) is 0. The summed E-state index contributed by atoms with van der Waals surface area (Å²) >= 11 is 0. The molecule has 3 nitrogen and oxygen atoms in total. The van der Waals surface area contributed by atoms with Crippen molar-refractivity contribution >= 4 is 10.0 Å². The molecule has 0 heterocycles. The molecule has 0 radical (unpaired) electrons. The average molecular weight is 239 g/mol. The molecular formula is C8H8F3NO2S. The molecule has 2 N–H and O–H groups in total. The summed E-state index contributed by atoms with van der Waals surface area (Å²) in [7, 11) is -4.11. The van der Waals surface area contributed by atoms with Crippen LogP contribution < -0.4 is 5.14 Å². The van der Waals surface area contributed by atoms with Crippen molar-refractivity contribution in [1.29, 1.82) is 0 Å². The van der Waals surface area contributed by atoms with Crippen molar-refractivity contribution in [3.8, 4) is 0 Å². The highest BCUT2D eigenvalue weighted by Crippen LogP contribution is 2.31. The Labute approximate surface area is 84.8 Å². The van der Waals surface area contributed by atoms with Gasteiger partial charge >= 0.3 is 6.18 Å². The SMILES string of the molecule is Cc1cc(C(F)(F)F)cc(S(N)(=O)=O)c1. The lowest BCUT2D eigenvalue weighted by molar-refractivity contribution is -0.137. The maximum absolute atomic E-state index is 12.3. The largest absolute Gasteiger partial charge is 0.416 e. The molecule has 1 aromatic rings. The van der Waals surface area contributed by atoms with Gasteiger partial charge in [-0.05, 0) is 30.7 Å². The zero-order chi connectivity index (χ0) is 11.9. The van der Waals surface area contributed by atoms with Gasteiger partial charge in [-0.1, -0.05) is 0 Å². The Hall–Kier alpha value is -1.08. The molecule has 0 saturated carbocycles. The second-order valence-corrected chi connectivity index (χ2v) is 4.64. The summed E-state index contributed by atoms with van der Waals surface area (Å²) in [6.45, 7) is 1.36. The number of halogens is 3. The van der Waals surface area contributed by atoms with Crippen molar-refractivity contribution in [2.45, 2.75) is 18.0 Å². The monoisotopic (exact) mass is 239 g/mol. The first-order valence-electron chi connectivity index (χ1n) is 3.82. The second-order valence-electron chi connectivity index (χ2n) is 3.08. The van der Waals surface area contributed by atoms with Crippen molar-refractivity contribution in [2.24, 2.45) is 5.14 Å². The van der Waals surface area contributed by atoms with E-state index in [9.17, 15) is 21.6 Å². The third-order valence-electron chi connectivity index (χ3n) is 1.71. The van der Waals surface area contributed by atoms with Gasteiger partial charge in [0.25, 0.3) is 0 Å². The molecule has 0 aliphatic carbocycles. The zero-order valence-corrected chi connectivity index (χ0v) is 8.48. The minimum atomic E-state index is -4.58. The topological polar surface area (TPSA) is 60.2 Å². The Morgan fingerprint density at radius 1 is 1.20 bits per heavy atom. The van der Waals surface area contributed by atoms with E-state index in [0.29, 0.717) is 6.07 Å². The number of primary sulfonamides is 1. The van der Waals surface area contributed by atoms with Gasteiger partial charge < -0.3 is 0 Å². The molecule has 1 aromatic carbocycles. The molecule has 1 rings (SSSR count). The van der Waals surface area contributed by atoms with Crippen LogP contribution >= 0.6 is 0 Å². The number of nitrogens with two attached hydrogens (primary N) is 1. The van der Waals surface area contributed by atoms with Crippen LogP contribution in [0.4, 0.5) is 13.2 Å². The van der Waals surface area contributed by atoms with Gasteiger partial charge in [0.2, 0.25) is 10.0 Å². The van der Waals surface area contributed by atoms with E-state index in [0.717, 1.165) is 12.1 Å². The van der Waals surface area contributed by atoms with Gasteiger partial charge in [0.1, 0.15) is 0 Å². The normalized spacial score (nSPS) is 12.9. The zero-order valence-electron chi connectivity index (χ0n) is 7.67. The fourth-order valence-electron chi connectivity index (χ4n) is 1.08. The van der Waals surface area contributed by atoms with Crippen LogP contribution in [-0.4, -0.2) is 8.42 Å². The number of aryl methyl sites for hydroxylation is 1. The van der Waals surface area contributed by atoms with Crippen LogP contribution in [0.3, 0.4) is 0 Å². The van der Waals surface area contributed by atoms with E-state index in [-0.39, 0.29) is 5.56 Å². The molecule has 0 saturated heterocycles. The second kappa shape index (κ2) is 3.49. The Bertz CT molecular complexity index is 479. The van der Waals surface area contributed by atoms with E-state index in [2.05, 4.69) is 0 Å². The van der Waals surface area contributed by atoms with E-state index < -0.39 is 26.7 Å². The van der Waals surface area contributed by atoms with Crippen molar-refractivity contribution in [1.82, 2.24) is 0 Å². The first-order valence-corrected chi connectivity index (χ1v) is 5.37. The number of hydrogen-bond donors (Lipinski definition) is 1. The van der Waals surface area contributed by atoms with E-state index >= 15 is 0 Å². The third kappa shape index (κ3) is 2.93. The molecular weight excluding hydrogens is 231 g/mol. The van der Waals surface area contributed by atoms with E-state index in [4.69, 9.17) is 5.14 Å². The van der Waals surface area contributed by atoms with Crippen molar-refractivity contribution < 1.29 is 21.6 Å². The standard InChI is InChI=1S/C8H8F3NO2S/c1-5-2-6(8(9,10)11)4-7(3-5)15(12,13)14/h2-4H,1H3,(H2,12,13,14). The summed E-state index contributed by atoms with van der Waals surface area (Å²) in [5.41, 5.74) is -0.833. The molecule has 84 valence electrons. The third-order valence-corrected chi connectivity index (χ3v) is 2.60. The first kappa shape index (κ1) is 12.0. The number of sulfonamides is 1. The molecule has 0 spiro atoms. The van der Waals surface area contributed by atoms with Crippen LogP contribution in [0.1, 0.15) is 11.1 Å². The molecule has 7 heteroatoms. The van der Waals surface area contributed by atoms with E-state index in [1.54, 1.807) is 0 Å². The Morgan fingerprint density at radius 3 is 2.13 bits per heavy atom. The summed E-state index contributed by atoms with van der Waals surface area (Å²) in [4.78, 5) is -0.533. The minimum absolute atomic E-state index is 0.189. The van der Waals surface area contributed by atoms with Gasteiger partial charge in [-0.3, -0.25) is 0 Å². The van der Waals surface area contributed by atoms with Crippen molar-refractivity contribution in [2.75, 3.05) is 0 Å². The average Bonchev–Trinajstić information content (AvgIpc) is 1.99. The number of hydrogen-bond acceptors (Lipinski definition) is 2. The maximum Gasteiger partial charge on any atom is 0.416 e. The molecule has 0 aliphatic rings. The van der Waals surface area contributed by atoms with Gasteiger partial charge in [-0.25, -0.2) is 13.6 Å². The fraction of sp³-hybridized carbons (Fsp3) is 0.250. The highest BCUT2D eigenvalue weighted by molar-refractivity contribution is 7.89. The number of alkyl halides is 3. The lowest BCUT2D eigenvalue weighted by Crippen LogP contribution is -2.14. The molecule has 0 aliphatic heterocycles. The predicted molar refractivity (Wildman–Crippen MR) is 47.6 cm³/mol. The van der Waals surface area contributed by atoms with Crippen LogP contribution in [-0.2, 0) is 16.2 Å². The van der Waals surface area contributed by atoms with Crippen molar-refractivity contribution in [3.05, 3.63) is 29.3 Å². The molecule has 0 fully saturated rings. The van der Waals surface area contributed by atoms with Crippen LogP contribution in [0.2, 0.25) is 0 Å². The number of rotatable bonds is 1. The lowest BCUT2D eigenvalue weighted by atomic mass is 10.1. The van der Waals surface area contributed by atoms with Crippen LogP contribution in [0, 0.1) is 6.92 Å².